The van der Waals surface area contributed by atoms with Gasteiger partial charge in [-0.3, -0.25) is 14.4 Å². The summed E-state index contributed by atoms with van der Waals surface area (Å²) >= 11 is 0. The molecule has 0 aromatic heterocycles. The van der Waals surface area contributed by atoms with E-state index in [0.717, 1.165) is 89.9 Å². The number of rotatable bonds is 41. The average molecular weight is 855 g/mol. The first kappa shape index (κ1) is 57.5. The average Bonchev–Trinajstić information content (AvgIpc) is 3.27. The van der Waals surface area contributed by atoms with Crippen LogP contribution in [0, 0.1) is 0 Å². The molecular weight excluding hydrogens is 769 g/mol. The van der Waals surface area contributed by atoms with Crippen molar-refractivity contribution in [1.82, 2.24) is 0 Å². The molecule has 1 unspecified atom stereocenters. The van der Waals surface area contributed by atoms with Crippen molar-refractivity contribution in [3.05, 3.63) is 134 Å². The van der Waals surface area contributed by atoms with Gasteiger partial charge in [-0.1, -0.05) is 199 Å². The highest BCUT2D eigenvalue weighted by Gasteiger charge is 2.19. The molecule has 0 saturated carbocycles. The molecule has 0 N–H and O–H groups in total. The summed E-state index contributed by atoms with van der Waals surface area (Å²) in [4.78, 5) is 37.8. The molecule has 0 radical (unpaired) electrons. The van der Waals surface area contributed by atoms with E-state index in [2.05, 4.69) is 93.7 Å². The molecule has 0 aliphatic rings. The van der Waals surface area contributed by atoms with E-state index in [0.29, 0.717) is 19.3 Å². The van der Waals surface area contributed by atoms with E-state index in [9.17, 15) is 14.4 Å². The maximum absolute atomic E-state index is 12.7. The highest BCUT2D eigenvalue weighted by Crippen LogP contribution is 2.11. The zero-order valence-electron chi connectivity index (χ0n) is 39.3. The lowest BCUT2D eigenvalue weighted by Gasteiger charge is -2.18. The largest absolute Gasteiger partial charge is 0.462 e. The lowest BCUT2D eigenvalue weighted by molar-refractivity contribution is -0.167. The molecule has 0 amide bonds. The van der Waals surface area contributed by atoms with Crippen molar-refractivity contribution in [3.8, 4) is 0 Å². The molecule has 0 bridgehead atoms. The summed E-state index contributed by atoms with van der Waals surface area (Å²) in [7, 11) is 0. The molecule has 0 heterocycles. The molecule has 6 heteroatoms. The third kappa shape index (κ3) is 46.6. The van der Waals surface area contributed by atoms with E-state index >= 15 is 0 Å². The minimum Gasteiger partial charge on any atom is -0.462 e. The van der Waals surface area contributed by atoms with E-state index in [4.69, 9.17) is 14.2 Å². The van der Waals surface area contributed by atoms with Crippen LogP contribution in [-0.2, 0) is 28.6 Å². The summed E-state index contributed by atoms with van der Waals surface area (Å²) in [5, 5.41) is 0. The Labute approximate surface area is 379 Å². The van der Waals surface area contributed by atoms with Gasteiger partial charge in [-0.2, -0.15) is 0 Å². The van der Waals surface area contributed by atoms with Gasteiger partial charge >= 0.3 is 17.9 Å². The van der Waals surface area contributed by atoms with Crippen LogP contribution in [0.25, 0.3) is 0 Å². The van der Waals surface area contributed by atoms with Crippen LogP contribution in [0.3, 0.4) is 0 Å². The fraction of sp³-hybridized carbons (Fsp3) is 0.554. The van der Waals surface area contributed by atoms with E-state index < -0.39 is 6.10 Å². The van der Waals surface area contributed by atoms with Crippen molar-refractivity contribution >= 4 is 17.9 Å². The third-order valence-corrected chi connectivity index (χ3v) is 9.52. The maximum Gasteiger partial charge on any atom is 0.306 e. The van der Waals surface area contributed by atoms with Crippen LogP contribution in [-0.4, -0.2) is 37.2 Å². The minimum absolute atomic E-state index is 0.126. The molecule has 0 aromatic carbocycles. The molecule has 1 atom stereocenters. The van der Waals surface area contributed by atoms with E-state index in [1.165, 1.54) is 38.5 Å². The quantitative estimate of drug-likeness (QED) is 0.0200. The smallest absolute Gasteiger partial charge is 0.306 e. The second kappa shape index (κ2) is 49.2. The molecule has 346 valence electrons. The standard InChI is InChI=1S/C56H86O6/c1-4-7-10-13-16-19-22-24-26-28-30-32-34-37-40-43-46-49-55(58)61-52-53(51-60-54(57)48-45-42-39-36-21-18-15-12-9-6-3)62-56(59)50-47-44-41-38-35-33-31-29-27-25-23-20-17-14-11-8-5-2/h7,10,13,15-20,22,24-28,30-34,38,41,53H,4-6,8-9,11-12,14,21,23,29,35-37,39-40,42-52H2,1-3H3/b10-7-,16-13-,18-15-,20-17-,22-19-,26-24-,27-25-,30-28+,33-31-,34-32-,41-38-. The number of hydrogen-bond acceptors (Lipinski definition) is 6. The van der Waals surface area contributed by atoms with Gasteiger partial charge < -0.3 is 14.2 Å². The third-order valence-electron chi connectivity index (χ3n) is 9.52. The number of carbonyl (C=O) groups excluding carboxylic acids is 3. The van der Waals surface area contributed by atoms with Crippen molar-refractivity contribution < 1.29 is 28.6 Å². The number of allylic oxidation sites excluding steroid dienone is 22. The number of carbonyl (C=O) groups is 3. The molecule has 0 aliphatic carbocycles. The highest BCUT2D eigenvalue weighted by atomic mass is 16.6. The van der Waals surface area contributed by atoms with Crippen LogP contribution < -0.4 is 0 Å². The zero-order chi connectivity index (χ0) is 45.1. The first-order valence-corrected chi connectivity index (χ1v) is 24.3. The van der Waals surface area contributed by atoms with Crippen molar-refractivity contribution in [1.29, 1.82) is 0 Å². The van der Waals surface area contributed by atoms with Crippen LogP contribution >= 0.6 is 0 Å². The Kier molecular flexibility index (Phi) is 45.7. The van der Waals surface area contributed by atoms with Crippen LogP contribution in [0.15, 0.2) is 134 Å². The van der Waals surface area contributed by atoms with Gasteiger partial charge in [0.25, 0.3) is 0 Å². The molecule has 0 aromatic rings. The van der Waals surface area contributed by atoms with E-state index in [1.807, 2.05) is 60.8 Å². The Balaban J connectivity index is 4.60. The molecular formula is C56H86O6. The molecule has 62 heavy (non-hydrogen) atoms. The lowest BCUT2D eigenvalue weighted by Crippen LogP contribution is -2.30. The van der Waals surface area contributed by atoms with Crippen molar-refractivity contribution in [2.75, 3.05) is 13.2 Å². The molecule has 0 fully saturated rings. The summed E-state index contributed by atoms with van der Waals surface area (Å²) in [5.74, 6) is -1.05. The summed E-state index contributed by atoms with van der Waals surface area (Å²) in [6.45, 7) is 6.29. The van der Waals surface area contributed by atoms with Gasteiger partial charge in [-0.15, -0.1) is 0 Å². The number of unbranched alkanes of at least 4 members (excludes halogenated alkanes) is 13. The predicted molar refractivity (Wildman–Crippen MR) is 265 cm³/mol. The number of hydrogen-bond donors (Lipinski definition) is 0. The SMILES string of the molecule is CC\C=C/C=C\C=C/C=C\C=C\C=C/CCCCCC(=O)OCC(COC(=O)CCCCCC/C=C\CCCC)OC(=O)CCC/C=C\C/C=C\C/C=C\C/C=C\CCCCC. The Morgan fingerprint density at radius 3 is 1.24 bits per heavy atom. The van der Waals surface area contributed by atoms with Crippen LogP contribution in [0.2, 0.25) is 0 Å². The monoisotopic (exact) mass is 855 g/mol. The van der Waals surface area contributed by atoms with Crippen LogP contribution in [0.4, 0.5) is 0 Å². The second-order valence-corrected chi connectivity index (χ2v) is 15.4. The molecule has 0 aliphatic heterocycles. The Morgan fingerprint density at radius 2 is 0.726 bits per heavy atom. The normalized spacial score (nSPS) is 13.3. The van der Waals surface area contributed by atoms with Gasteiger partial charge in [0.1, 0.15) is 13.2 Å². The van der Waals surface area contributed by atoms with Gasteiger partial charge in [0.05, 0.1) is 0 Å². The van der Waals surface area contributed by atoms with Crippen molar-refractivity contribution in [2.24, 2.45) is 0 Å². The molecule has 0 rings (SSSR count). The second-order valence-electron chi connectivity index (χ2n) is 15.4. The molecule has 0 spiro atoms. The molecule has 0 saturated heterocycles. The molecule has 6 nitrogen and oxygen atoms in total. The number of ether oxygens (including phenoxy) is 3. The van der Waals surface area contributed by atoms with Crippen molar-refractivity contribution in [2.45, 2.75) is 187 Å². The van der Waals surface area contributed by atoms with Gasteiger partial charge in [0.15, 0.2) is 6.10 Å². The van der Waals surface area contributed by atoms with Gasteiger partial charge in [-0.05, 0) is 96.3 Å². The van der Waals surface area contributed by atoms with Crippen molar-refractivity contribution in [3.63, 3.8) is 0 Å². The topological polar surface area (TPSA) is 78.9 Å². The summed E-state index contributed by atoms with van der Waals surface area (Å²) < 4.78 is 16.6. The van der Waals surface area contributed by atoms with Crippen LogP contribution in [0.5, 0.6) is 0 Å². The zero-order valence-corrected chi connectivity index (χ0v) is 39.3. The minimum atomic E-state index is -0.833. The summed E-state index contributed by atoms with van der Waals surface area (Å²) in [6, 6.07) is 0. The predicted octanol–water partition coefficient (Wildman–Crippen LogP) is 15.9. The maximum atomic E-state index is 12.7. The fourth-order valence-corrected chi connectivity index (χ4v) is 5.86. The first-order valence-electron chi connectivity index (χ1n) is 24.3. The summed E-state index contributed by atoms with van der Waals surface area (Å²) in [6.07, 6.45) is 68.6. The fourth-order valence-electron chi connectivity index (χ4n) is 5.86. The number of esters is 3. The Bertz CT molecular complexity index is 1400. The van der Waals surface area contributed by atoms with E-state index in [1.54, 1.807) is 0 Å². The van der Waals surface area contributed by atoms with Crippen LogP contribution in [0.1, 0.15) is 181 Å². The van der Waals surface area contributed by atoms with Gasteiger partial charge in [0, 0.05) is 19.3 Å². The van der Waals surface area contributed by atoms with Gasteiger partial charge in [-0.25, -0.2) is 0 Å². The Hall–Kier alpha value is -4.45. The summed E-state index contributed by atoms with van der Waals surface area (Å²) in [5.41, 5.74) is 0. The highest BCUT2D eigenvalue weighted by molar-refractivity contribution is 5.71. The van der Waals surface area contributed by atoms with E-state index in [-0.39, 0.29) is 44.0 Å². The first-order chi connectivity index (χ1) is 30.5. The lowest BCUT2D eigenvalue weighted by atomic mass is 10.1. The Morgan fingerprint density at radius 1 is 0.355 bits per heavy atom. The van der Waals surface area contributed by atoms with Gasteiger partial charge in [0.2, 0.25) is 0 Å².